The first-order valence-electron chi connectivity index (χ1n) is 7.54. The Hall–Kier alpha value is -1.49. The zero-order valence-corrected chi connectivity index (χ0v) is 12.8. The molecule has 110 valence electrons. The number of fused-ring (bicyclic) bond motifs is 1. The van der Waals surface area contributed by atoms with E-state index in [0.717, 1.165) is 48.8 Å². The molecule has 0 aliphatic rings. The Morgan fingerprint density at radius 2 is 2.00 bits per heavy atom. The molecule has 20 heavy (non-hydrogen) atoms. The summed E-state index contributed by atoms with van der Waals surface area (Å²) in [5.41, 5.74) is 7.58. The van der Waals surface area contributed by atoms with Gasteiger partial charge >= 0.3 is 0 Å². The molecule has 1 atom stereocenters. The Balaban J connectivity index is 2.13. The van der Waals surface area contributed by atoms with Crippen molar-refractivity contribution in [3.63, 3.8) is 0 Å². The number of aromatic nitrogens is 4. The van der Waals surface area contributed by atoms with Gasteiger partial charge < -0.3 is 5.73 Å². The van der Waals surface area contributed by atoms with E-state index in [4.69, 9.17) is 5.73 Å². The van der Waals surface area contributed by atoms with E-state index in [0.29, 0.717) is 5.92 Å². The van der Waals surface area contributed by atoms with Crippen LogP contribution in [-0.2, 0) is 6.42 Å². The first-order chi connectivity index (χ1) is 9.65. The maximum Gasteiger partial charge on any atom is 0.164 e. The highest BCUT2D eigenvalue weighted by Crippen LogP contribution is 2.18. The molecule has 0 spiro atoms. The van der Waals surface area contributed by atoms with Crippen molar-refractivity contribution in [3.05, 3.63) is 23.4 Å². The molecule has 2 heterocycles. The van der Waals surface area contributed by atoms with E-state index in [-0.39, 0.29) is 0 Å². The zero-order chi connectivity index (χ0) is 14.5. The molecule has 0 aliphatic carbocycles. The van der Waals surface area contributed by atoms with Crippen LogP contribution in [0.2, 0.25) is 0 Å². The number of nitrogens with zero attached hydrogens (tertiary/aromatic N) is 4. The summed E-state index contributed by atoms with van der Waals surface area (Å²) >= 11 is 0. The minimum atomic E-state index is 0.691. The molecule has 5 heteroatoms. The van der Waals surface area contributed by atoms with E-state index in [9.17, 15) is 0 Å². The van der Waals surface area contributed by atoms with Crippen LogP contribution in [0.1, 0.15) is 49.9 Å². The lowest BCUT2D eigenvalue weighted by molar-refractivity contribution is 0.416. The Bertz CT molecular complexity index is 555. The summed E-state index contributed by atoms with van der Waals surface area (Å²) in [6.45, 7) is 6.99. The third-order valence-corrected chi connectivity index (χ3v) is 3.80. The van der Waals surface area contributed by atoms with Gasteiger partial charge in [-0.05, 0) is 39.2 Å². The van der Waals surface area contributed by atoms with Crippen LogP contribution < -0.4 is 5.73 Å². The molecule has 0 saturated carbocycles. The van der Waals surface area contributed by atoms with Crippen molar-refractivity contribution in [3.8, 4) is 0 Å². The lowest BCUT2D eigenvalue weighted by Crippen LogP contribution is -2.11. The molecular weight excluding hydrogens is 250 g/mol. The first kappa shape index (κ1) is 14.9. The predicted molar refractivity (Wildman–Crippen MR) is 80.6 cm³/mol. The quantitative estimate of drug-likeness (QED) is 0.842. The predicted octanol–water partition coefficient (Wildman–Crippen LogP) is 2.44. The molecule has 2 aromatic heterocycles. The summed E-state index contributed by atoms with van der Waals surface area (Å²) < 4.78 is 2.07. The maximum atomic E-state index is 5.70. The fourth-order valence-electron chi connectivity index (χ4n) is 2.87. The molecule has 0 radical (unpaired) electrons. The summed E-state index contributed by atoms with van der Waals surface area (Å²) in [4.78, 5) is 4.50. The maximum absolute atomic E-state index is 5.70. The van der Waals surface area contributed by atoms with Gasteiger partial charge in [-0.1, -0.05) is 19.8 Å². The summed E-state index contributed by atoms with van der Waals surface area (Å²) in [5, 5.41) is 8.59. The van der Waals surface area contributed by atoms with Crippen LogP contribution in [0.25, 0.3) is 5.65 Å². The third kappa shape index (κ3) is 3.33. The Kier molecular flexibility index (Phi) is 5.06. The highest BCUT2D eigenvalue weighted by Gasteiger charge is 2.12. The smallest absolute Gasteiger partial charge is 0.164 e. The van der Waals surface area contributed by atoms with Gasteiger partial charge in [-0.3, -0.25) is 4.40 Å². The second-order valence-electron chi connectivity index (χ2n) is 5.53. The Morgan fingerprint density at radius 3 is 2.70 bits per heavy atom. The summed E-state index contributed by atoms with van der Waals surface area (Å²) in [6.07, 6.45) is 5.62. The molecule has 5 nitrogen and oxygen atoms in total. The number of hydrogen-bond acceptors (Lipinski definition) is 4. The van der Waals surface area contributed by atoms with Crippen LogP contribution in [0.15, 0.2) is 6.07 Å². The van der Waals surface area contributed by atoms with Crippen molar-refractivity contribution in [1.29, 1.82) is 0 Å². The molecule has 0 aromatic carbocycles. The van der Waals surface area contributed by atoms with E-state index in [1.54, 1.807) is 0 Å². The summed E-state index contributed by atoms with van der Waals surface area (Å²) in [7, 11) is 0. The number of rotatable bonds is 7. The molecule has 0 saturated heterocycles. The second-order valence-corrected chi connectivity index (χ2v) is 5.53. The van der Waals surface area contributed by atoms with E-state index in [1.165, 1.54) is 12.8 Å². The van der Waals surface area contributed by atoms with E-state index in [2.05, 4.69) is 26.5 Å². The van der Waals surface area contributed by atoms with Crippen LogP contribution >= 0.6 is 0 Å². The zero-order valence-electron chi connectivity index (χ0n) is 12.8. The molecule has 2 N–H and O–H groups in total. The number of hydrogen-bond donors (Lipinski definition) is 1. The standard InChI is InChI=1S/C15H25N5/c1-4-5-13(8-9-16)6-7-14-18-19-15-10-11(2)17-12(3)20(14)15/h10,13H,4-9,16H2,1-3H3. The molecule has 0 bridgehead atoms. The minimum Gasteiger partial charge on any atom is -0.330 e. The number of nitrogens with two attached hydrogens (primary N) is 1. The van der Waals surface area contributed by atoms with Crippen molar-refractivity contribution >= 4 is 5.65 Å². The molecular formula is C15H25N5. The SMILES string of the molecule is CCCC(CCN)CCc1nnc2cc(C)nc(C)n12. The van der Waals surface area contributed by atoms with Crippen molar-refractivity contribution < 1.29 is 0 Å². The van der Waals surface area contributed by atoms with Crippen molar-refractivity contribution in [1.82, 2.24) is 19.6 Å². The van der Waals surface area contributed by atoms with Crippen LogP contribution in [0.5, 0.6) is 0 Å². The summed E-state index contributed by atoms with van der Waals surface area (Å²) in [6, 6.07) is 1.98. The van der Waals surface area contributed by atoms with Crippen LogP contribution in [0, 0.1) is 19.8 Å². The highest BCUT2D eigenvalue weighted by molar-refractivity contribution is 5.39. The van der Waals surface area contributed by atoms with E-state index in [1.807, 2.05) is 19.9 Å². The van der Waals surface area contributed by atoms with E-state index < -0.39 is 0 Å². The normalized spacial score (nSPS) is 13.0. The van der Waals surface area contributed by atoms with Gasteiger partial charge in [0.05, 0.1) is 0 Å². The van der Waals surface area contributed by atoms with Crippen molar-refractivity contribution in [2.24, 2.45) is 11.7 Å². The van der Waals surface area contributed by atoms with Gasteiger partial charge in [0.15, 0.2) is 5.65 Å². The van der Waals surface area contributed by atoms with Gasteiger partial charge in [0.1, 0.15) is 11.6 Å². The van der Waals surface area contributed by atoms with Crippen LogP contribution in [0.3, 0.4) is 0 Å². The molecule has 1 unspecified atom stereocenters. The topological polar surface area (TPSA) is 69.1 Å². The molecule has 0 amide bonds. The molecule has 2 aromatic rings. The van der Waals surface area contributed by atoms with Crippen LogP contribution in [-0.4, -0.2) is 26.1 Å². The fourth-order valence-corrected chi connectivity index (χ4v) is 2.87. The number of aryl methyl sites for hydroxylation is 3. The Morgan fingerprint density at radius 1 is 1.20 bits per heavy atom. The average molecular weight is 275 g/mol. The minimum absolute atomic E-state index is 0.691. The fraction of sp³-hybridized carbons (Fsp3) is 0.667. The first-order valence-corrected chi connectivity index (χ1v) is 7.54. The Labute approximate surface area is 120 Å². The third-order valence-electron chi connectivity index (χ3n) is 3.80. The average Bonchev–Trinajstić information content (AvgIpc) is 2.79. The van der Waals surface area contributed by atoms with Gasteiger partial charge in [0.2, 0.25) is 0 Å². The van der Waals surface area contributed by atoms with Gasteiger partial charge in [-0.25, -0.2) is 4.98 Å². The molecule has 0 fully saturated rings. The lowest BCUT2D eigenvalue weighted by atomic mass is 9.94. The summed E-state index contributed by atoms with van der Waals surface area (Å²) in [5.74, 6) is 2.67. The van der Waals surface area contributed by atoms with Gasteiger partial charge in [0, 0.05) is 18.2 Å². The molecule has 0 aliphatic heterocycles. The molecule has 2 rings (SSSR count). The van der Waals surface area contributed by atoms with Gasteiger partial charge in [0.25, 0.3) is 0 Å². The van der Waals surface area contributed by atoms with E-state index >= 15 is 0 Å². The van der Waals surface area contributed by atoms with Gasteiger partial charge in [-0.2, -0.15) is 0 Å². The van der Waals surface area contributed by atoms with Gasteiger partial charge in [-0.15, -0.1) is 10.2 Å². The highest BCUT2D eigenvalue weighted by atomic mass is 15.3. The van der Waals surface area contributed by atoms with Crippen molar-refractivity contribution in [2.45, 2.75) is 52.9 Å². The second kappa shape index (κ2) is 6.79. The van der Waals surface area contributed by atoms with Crippen molar-refractivity contribution in [2.75, 3.05) is 6.54 Å². The lowest BCUT2D eigenvalue weighted by Gasteiger charge is -2.14. The largest absolute Gasteiger partial charge is 0.330 e. The van der Waals surface area contributed by atoms with Crippen LogP contribution in [0.4, 0.5) is 0 Å². The monoisotopic (exact) mass is 275 g/mol.